The zero-order chi connectivity index (χ0) is 14.1. The van der Waals surface area contributed by atoms with Gasteiger partial charge in [-0.2, -0.15) is 0 Å². The molecular weight excluding hydrogens is 256 g/mol. The zero-order valence-electron chi connectivity index (χ0n) is 11.8. The van der Waals surface area contributed by atoms with Gasteiger partial charge in [-0.15, -0.1) is 0 Å². The molecule has 20 heavy (non-hydrogen) atoms. The molecule has 2 heterocycles. The number of nitrogens with one attached hydrogen (secondary N) is 1. The van der Waals surface area contributed by atoms with E-state index in [4.69, 9.17) is 4.42 Å². The number of hydrogen-bond acceptors (Lipinski definition) is 4. The summed E-state index contributed by atoms with van der Waals surface area (Å²) in [6.07, 6.45) is 3.09. The smallest absolute Gasteiger partial charge is 0.289 e. The summed E-state index contributed by atoms with van der Waals surface area (Å²) in [6, 6.07) is 0. The van der Waals surface area contributed by atoms with Crippen LogP contribution in [0.3, 0.4) is 0 Å². The maximum absolute atomic E-state index is 12.6. The van der Waals surface area contributed by atoms with Crippen LogP contribution in [0.5, 0.6) is 0 Å². The van der Waals surface area contributed by atoms with Crippen LogP contribution in [0.25, 0.3) is 0 Å². The number of rotatable bonds is 1. The van der Waals surface area contributed by atoms with Gasteiger partial charge in [0, 0.05) is 38.0 Å². The number of Topliss-reactive ketones (excluding diaryl/α,β-unsaturated/α-hetero) is 1. The lowest BCUT2D eigenvalue weighted by molar-refractivity contribution is 0.0730. The largest absolute Gasteiger partial charge is 0.455 e. The van der Waals surface area contributed by atoms with Crippen LogP contribution >= 0.6 is 0 Å². The second-order valence-electron chi connectivity index (χ2n) is 5.53. The first-order valence-corrected chi connectivity index (χ1v) is 7.34. The lowest BCUT2D eigenvalue weighted by Crippen LogP contribution is -2.34. The third-order valence-corrected chi connectivity index (χ3v) is 4.13. The molecule has 0 bridgehead atoms. The standard InChI is InChI=1S/C15H20N2O3/c1-10-13-11(18)4-2-5-12(13)20-14(10)15(19)17-8-3-6-16-7-9-17/h16H,2-9H2,1H3. The van der Waals surface area contributed by atoms with Gasteiger partial charge in [-0.25, -0.2) is 0 Å². The van der Waals surface area contributed by atoms with Crippen molar-refractivity contribution in [2.24, 2.45) is 0 Å². The number of amides is 1. The molecule has 0 saturated carbocycles. The topological polar surface area (TPSA) is 62.6 Å². The first-order chi connectivity index (χ1) is 9.68. The van der Waals surface area contributed by atoms with Crippen molar-refractivity contribution in [1.82, 2.24) is 10.2 Å². The molecule has 1 aliphatic heterocycles. The monoisotopic (exact) mass is 276 g/mol. The van der Waals surface area contributed by atoms with E-state index in [2.05, 4.69) is 5.32 Å². The van der Waals surface area contributed by atoms with Gasteiger partial charge in [0.2, 0.25) is 0 Å². The number of fused-ring (bicyclic) bond motifs is 1. The molecule has 1 amide bonds. The van der Waals surface area contributed by atoms with Gasteiger partial charge in [-0.3, -0.25) is 9.59 Å². The van der Waals surface area contributed by atoms with E-state index >= 15 is 0 Å². The maximum Gasteiger partial charge on any atom is 0.289 e. The van der Waals surface area contributed by atoms with Crippen LogP contribution in [0.15, 0.2) is 4.42 Å². The summed E-state index contributed by atoms with van der Waals surface area (Å²) in [7, 11) is 0. The molecule has 1 saturated heterocycles. The van der Waals surface area contributed by atoms with E-state index < -0.39 is 0 Å². The van der Waals surface area contributed by atoms with Gasteiger partial charge in [0.25, 0.3) is 5.91 Å². The molecule has 1 aromatic heterocycles. The summed E-state index contributed by atoms with van der Waals surface area (Å²) in [5, 5.41) is 3.28. The molecule has 3 rings (SSSR count). The fourth-order valence-electron chi connectivity index (χ4n) is 3.05. The van der Waals surface area contributed by atoms with Gasteiger partial charge >= 0.3 is 0 Å². The van der Waals surface area contributed by atoms with Crippen molar-refractivity contribution in [3.8, 4) is 0 Å². The van der Waals surface area contributed by atoms with Crippen LogP contribution in [-0.4, -0.2) is 42.8 Å². The predicted molar refractivity (Wildman–Crippen MR) is 74.1 cm³/mol. The van der Waals surface area contributed by atoms with Crippen molar-refractivity contribution in [1.29, 1.82) is 0 Å². The average molecular weight is 276 g/mol. The number of hydrogen-bond donors (Lipinski definition) is 1. The fraction of sp³-hybridized carbons (Fsp3) is 0.600. The van der Waals surface area contributed by atoms with E-state index in [1.165, 1.54) is 0 Å². The van der Waals surface area contributed by atoms with Gasteiger partial charge in [-0.1, -0.05) is 0 Å². The summed E-state index contributed by atoms with van der Waals surface area (Å²) in [6.45, 7) is 5.01. The fourth-order valence-corrected chi connectivity index (χ4v) is 3.05. The quantitative estimate of drug-likeness (QED) is 0.845. The van der Waals surface area contributed by atoms with Gasteiger partial charge in [0.05, 0.1) is 5.56 Å². The highest BCUT2D eigenvalue weighted by atomic mass is 16.4. The molecule has 1 fully saturated rings. The first-order valence-electron chi connectivity index (χ1n) is 7.34. The molecule has 0 spiro atoms. The van der Waals surface area contributed by atoms with Gasteiger partial charge < -0.3 is 14.6 Å². The summed E-state index contributed by atoms with van der Waals surface area (Å²) in [5.41, 5.74) is 1.39. The third-order valence-electron chi connectivity index (χ3n) is 4.13. The molecular formula is C15H20N2O3. The lowest BCUT2D eigenvalue weighted by Gasteiger charge is -2.18. The minimum Gasteiger partial charge on any atom is -0.455 e. The Hall–Kier alpha value is -1.62. The molecule has 5 nitrogen and oxygen atoms in total. The van der Waals surface area contributed by atoms with E-state index in [1.54, 1.807) is 0 Å². The van der Waals surface area contributed by atoms with Crippen LogP contribution in [-0.2, 0) is 6.42 Å². The Bertz CT molecular complexity index is 540. The third kappa shape index (κ3) is 2.26. The Labute approximate surface area is 118 Å². The van der Waals surface area contributed by atoms with Crippen LogP contribution in [0.2, 0.25) is 0 Å². The highest BCUT2D eigenvalue weighted by Gasteiger charge is 2.30. The van der Waals surface area contributed by atoms with E-state index in [1.807, 2.05) is 11.8 Å². The zero-order valence-corrected chi connectivity index (χ0v) is 11.8. The van der Waals surface area contributed by atoms with Gasteiger partial charge in [-0.05, 0) is 26.3 Å². The Balaban J connectivity index is 1.90. The van der Waals surface area contributed by atoms with E-state index in [-0.39, 0.29) is 11.7 Å². The van der Waals surface area contributed by atoms with Crippen molar-refractivity contribution < 1.29 is 14.0 Å². The van der Waals surface area contributed by atoms with Crippen LogP contribution in [0, 0.1) is 6.92 Å². The van der Waals surface area contributed by atoms with Crippen molar-refractivity contribution in [3.63, 3.8) is 0 Å². The number of carbonyl (C=O) groups excluding carboxylic acids is 2. The lowest BCUT2D eigenvalue weighted by atomic mass is 9.94. The van der Waals surface area contributed by atoms with Crippen molar-refractivity contribution in [2.45, 2.75) is 32.6 Å². The minimum absolute atomic E-state index is 0.0756. The Kier molecular flexibility index (Phi) is 3.61. The number of aryl methyl sites for hydroxylation is 1. The molecule has 1 aliphatic carbocycles. The summed E-state index contributed by atoms with van der Waals surface area (Å²) >= 11 is 0. The van der Waals surface area contributed by atoms with Gasteiger partial charge in [0.15, 0.2) is 11.5 Å². The Morgan fingerprint density at radius 2 is 2.05 bits per heavy atom. The molecule has 0 radical (unpaired) electrons. The van der Waals surface area contributed by atoms with E-state index in [9.17, 15) is 9.59 Å². The van der Waals surface area contributed by atoms with Crippen LogP contribution in [0.1, 0.15) is 51.5 Å². The van der Waals surface area contributed by atoms with E-state index in [0.717, 1.165) is 44.5 Å². The molecule has 108 valence electrons. The van der Waals surface area contributed by atoms with Crippen LogP contribution in [0.4, 0.5) is 0 Å². The summed E-state index contributed by atoms with van der Waals surface area (Å²) in [5.74, 6) is 1.11. The number of ketones is 1. The second-order valence-corrected chi connectivity index (χ2v) is 5.53. The summed E-state index contributed by atoms with van der Waals surface area (Å²) in [4.78, 5) is 26.4. The van der Waals surface area contributed by atoms with Crippen molar-refractivity contribution in [3.05, 3.63) is 22.6 Å². The van der Waals surface area contributed by atoms with Crippen molar-refractivity contribution in [2.75, 3.05) is 26.2 Å². The predicted octanol–water partition coefficient (Wildman–Crippen LogP) is 1.54. The molecule has 2 aliphatic rings. The average Bonchev–Trinajstić information content (AvgIpc) is 2.65. The van der Waals surface area contributed by atoms with Crippen molar-refractivity contribution >= 4 is 11.7 Å². The minimum atomic E-state index is -0.0756. The summed E-state index contributed by atoms with van der Waals surface area (Å²) < 4.78 is 5.73. The van der Waals surface area contributed by atoms with Gasteiger partial charge in [0.1, 0.15) is 5.76 Å². The molecule has 0 aromatic carbocycles. The highest BCUT2D eigenvalue weighted by molar-refractivity contribution is 6.03. The molecule has 0 atom stereocenters. The second kappa shape index (κ2) is 5.40. The van der Waals surface area contributed by atoms with Crippen LogP contribution < -0.4 is 5.32 Å². The molecule has 0 unspecified atom stereocenters. The number of carbonyl (C=O) groups is 2. The Morgan fingerprint density at radius 1 is 1.20 bits per heavy atom. The molecule has 1 N–H and O–H groups in total. The highest BCUT2D eigenvalue weighted by Crippen LogP contribution is 2.30. The number of furan rings is 1. The Morgan fingerprint density at radius 3 is 2.85 bits per heavy atom. The SMILES string of the molecule is Cc1c(C(=O)N2CCCNCC2)oc2c1C(=O)CCC2. The first kappa shape index (κ1) is 13.4. The normalized spacial score (nSPS) is 19.6. The maximum atomic E-state index is 12.6. The van der Waals surface area contributed by atoms with E-state index in [0.29, 0.717) is 30.0 Å². The number of nitrogens with zero attached hydrogens (tertiary/aromatic N) is 1. The molecule has 5 heteroatoms. The molecule has 1 aromatic rings.